The zero-order valence-electron chi connectivity index (χ0n) is 11.8. The van der Waals surface area contributed by atoms with Gasteiger partial charge in [0.15, 0.2) is 6.10 Å². The zero-order chi connectivity index (χ0) is 14.8. The molecule has 0 aliphatic rings. The van der Waals surface area contributed by atoms with Gasteiger partial charge in [0.1, 0.15) is 23.1 Å². The molecule has 21 heavy (non-hydrogen) atoms. The second kappa shape index (κ2) is 5.44. The van der Waals surface area contributed by atoms with E-state index in [0.29, 0.717) is 11.3 Å². The van der Waals surface area contributed by atoms with Crippen molar-refractivity contribution in [2.24, 2.45) is 0 Å². The van der Waals surface area contributed by atoms with Crippen molar-refractivity contribution in [3.63, 3.8) is 0 Å². The Morgan fingerprint density at radius 2 is 1.81 bits per heavy atom. The summed E-state index contributed by atoms with van der Waals surface area (Å²) in [6.45, 7) is 1.89. The van der Waals surface area contributed by atoms with Gasteiger partial charge in [0.2, 0.25) is 0 Å². The van der Waals surface area contributed by atoms with Crippen molar-refractivity contribution < 1.29 is 13.9 Å². The molecule has 108 valence electrons. The number of benzene rings is 2. The van der Waals surface area contributed by atoms with Crippen molar-refractivity contribution in [2.45, 2.75) is 13.0 Å². The third-order valence-corrected chi connectivity index (χ3v) is 3.22. The number of H-pyrrole nitrogens is 1. The minimum atomic E-state index is -0.290. The van der Waals surface area contributed by atoms with Crippen molar-refractivity contribution >= 4 is 11.0 Å². The minimum Gasteiger partial charge on any atom is -0.497 e. The molecule has 1 aromatic heterocycles. The van der Waals surface area contributed by atoms with Gasteiger partial charge in [-0.25, -0.2) is 9.37 Å². The van der Waals surface area contributed by atoms with Crippen LogP contribution in [0.15, 0.2) is 42.5 Å². The van der Waals surface area contributed by atoms with Gasteiger partial charge in [-0.2, -0.15) is 0 Å². The van der Waals surface area contributed by atoms with E-state index in [4.69, 9.17) is 9.47 Å². The number of nitrogens with zero attached hydrogens (tertiary/aromatic N) is 1. The van der Waals surface area contributed by atoms with Crippen molar-refractivity contribution in [3.8, 4) is 11.5 Å². The molecule has 0 radical (unpaired) electrons. The van der Waals surface area contributed by atoms with Crippen LogP contribution in [0.3, 0.4) is 0 Å². The van der Waals surface area contributed by atoms with Crippen LogP contribution in [0, 0.1) is 5.82 Å². The molecule has 0 saturated carbocycles. The van der Waals surface area contributed by atoms with Crippen LogP contribution in [0.25, 0.3) is 11.0 Å². The minimum absolute atomic E-state index is 0.270. The number of methoxy groups -OCH3 is 1. The number of aromatic nitrogens is 2. The lowest BCUT2D eigenvalue weighted by molar-refractivity contribution is 0.217. The van der Waals surface area contributed by atoms with Crippen molar-refractivity contribution in [1.29, 1.82) is 0 Å². The van der Waals surface area contributed by atoms with Gasteiger partial charge in [0, 0.05) is 0 Å². The van der Waals surface area contributed by atoms with E-state index in [-0.39, 0.29) is 11.9 Å². The highest BCUT2D eigenvalue weighted by atomic mass is 19.1. The fourth-order valence-electron chi connectivity index (χ4n) is 2.11. The lowest BCUT2D eigenvalue weighted by atomic mass is 10.3. The van der Waals surface area contributed by atoms with Crippen LogP contribution in [0.1, 0.15) is 18.9 Å². The topological polar surface area (TPSA) is 47.1 Å². The first-order chi connectivity index (χ1) is 10.2. The van der Waals surface area contributed by atoms with E-state index < -0.39 is 0 Å². The monoisotopic (exact) mass is 286 g/mol. The van der Waals surface area contributed by atoms with Gasteiger partial charge in [-0.3, -0.25) is 0 Å². The number of hydrogen-bond donors (Lipinski definition) is 1. The summed E-state index contributed by atoms with van der Waals surface area (Å²) in [4.78, 5) is 7.49. The summed E-state index contributed by atoms with van der Waals surface area (Å²) in [5.41, 5.74) is 1.38. The van der Waals surface area contributed by atoms with Gasteiger partial charge < -0.3 is 14.5 Å². The van der Waals surface area contributed by atoms with Crippen LogP contribution >= 0.6 is 0 Å². The highest BCUT2D eigenvalue weighted by Gasteiger charge is 2.13. The molecule has 1 atom stereocenters. The normalized spacial score (nSPS) is 12.3. The van der Waals surface area contributed by atoms with Crippen LogP contribution in [-0.2, 0) is 0 Å². The quantitative estimate of drug-likeness (QED) is 0.792. The summed E-state index contributed by atoms with van der Waals surface area (Å²) < 4.78 is 24.1. The molecule has 0 amide bonds. The average molecular weight is 286 g/mol. The number of aromatic amines is 1. The Morgan fingerprint density at radius 3 is 2.52 bits per heavy atom. The maximum absolute atomic E-state index is 13.2. The van der Waals surface area contributed by atoms with Gasteiger partial charge in [-0.1, -0.05) is 0 Å². The summed E-state index contributed by atoms with van der Waals surface area (Å²) in [5, 5.41) is 0. The third kappa shape index (κ3) is 2.81. The molecule has 0 aliphatic heterocycles. The molecule has 1 heterocycles. The zero-order valence-corrected chi connectivity index (χ0v) is 11.8. The second-order valence-electron chi connectivity index (χ2n) is 4.72. The van der Waals surface area contributed by atoms with Gasteiger partial charge in [0.05, 0.1) is 18.1 Å². The van der Waals surface area contributed by atoms with E-state index in [1.165, 1.54) is 12.1 Å². The molecule has 0 saturated heterocycles. The summed E-state index contributed by atoms with van der Waals surface area (Å²) in [5.74, 6) is 1.86. The fourth-order valence-corrected chi connectivity index (χ4v) is 2.11. The number of fused-ring (bicyclic) bond motifs is 1. The van der Waals surface area contributed by atoms with Gasteiger partial charge in [0.25, 0.3) is 0 Å². The Labute approximate surface area is 121 Å². The van der Waals surface area contributed by atoms with Crippen LogP contribution < -0.4 is 9.47 Å². The number of nitrogens with one attached hydrogen (secondary N) is 1. The van der Waals surface area contributed by atoms with Crippen molar-refractivity contribution in [1.82, 2.24) is 9.97 Å². The Hall–Kier alpha value is -2.56. The fraction of sp³-hybridized carbons (Fsp3) is 0.188. The first kappa shape index (κ1) is 13.4. The summed E-state index contributed by atoms with van der Waals surface area (Å²) in [6.07, 6.45) is -0.270. The number of imidazole rings is 1. The Kier molecular flexibility index (Phi) is 3.48. The molecule has 2 aromatic carbocycles. The van der Waals surface area contributed by atoms with E-state index in [1.54, 1.807) is 13.2 Å². The maximum Gasteiger partial charge on any atom is 0.153 e. The van der Waals surface area contributed by atoms with E-state index in [2.05, 4.69) is 9.97 Å². The number of ether oxygens (including phenoxy) is 2. The molecule has 4 nitrogen and oxygen atoms in total. The lowest BCUT2D eigenvalue weighted by Crippen LogP contribution is -2.04. The lowest BCUT2D eigenvalue weighted by Gasteiger charge is -2.12. The predicted molar refractivity (Wildman–Crippen MR) is 78.1 cm³/mol. The third-order valence-electron chi connectivity index (χ3n) is 3.22. The van der Waals surface area contributed by atoms with E-state index in [0.717, 1.165) is 17.0 Å². The highest BCUT2D eigenvalue weighted by molar-refractivity contribution is 5.75. The highest BCUT2D eigenvalue weighted by Crippen LogP contribution is 2.24. The molecular formula is C16H15FN2O2. The van der Waals surface area contributed by atoms with Gasteiger partial charge >= 0.3 is 0 Å². The molecule has 3 rings (SSSR count). The number of halogens is 1. The van der Waals surface area contributed by atoms with Gasteiger partial charge in [-0.05, 0) is 49.4 Å². The molecule has 0 fully saturated rings. The maximum atomic E-state index is 13.2. The molecule has 3 aromatic rings. The Bertz CT molecular complexity index is 753. The molecule has 5 heteroatoms. The SMILES string of the molecule is COc1ccc(OC(C)c2nc3ccc(F)cc3[nH]2)cc1. The van der Waals surface area contributed by atoms with Crippen LogP contribution in [-0.4, -0.2) is 17.1 Å². The number of rotatable bonds is 4. The van der Waals surface area contributed by atoms with Crippen molar-refractivity contribution in [3.05, 3.63) is 54.1 Å². The Morgan fingerprint density at radius 1 is 1.10 bits per heavy atom. The Balaban J connectivity index is 1.80. The first-order valence-corrected chi connectivity index (χ1v) is 6.61. The molecule has 1 unspecified atom stereocenters. The molecule has 0 spiro atoms. The smallest absolute Gasteiger partial charge is 0.153 e. The predicted octanol–water partition coefficient (Wildman–Crippen LogP) is 3.85. The summed E-state index contributed by atoms with van der Waals surface area (Å²) in [7, 11) is 1.62. The van der Waals surface area contributed by atoms with E-state index in [9.17, 15) is 4.39 Å². The molecule has 0 aliphatic carbocycles. The molecule has 0 bridgehead atoms. The molecular weight excluding hydrogens is 271 g/mol. The van der Waals surface area contributed by atoms with Crippen molar-refractivity contribution in [2.75, 3.05) is 7.11 Å². The molecule has 1 N–H and O–H groups in total. The van der Waals surface area contributed by atoms with Crippen LogP contribution in [0.4, 0.5) is 4.39 Å². The first-order valence-electron chi connectivity index (χ1n) is 6.61. The van der Waals surface area contributed by atoms with E-state index >= 15 is 0 Å². The van der Waals surface area contributed by atoms with Crippen LogP contribution in [0.5, 0.6) is 11.5 Å². The van der Waals surface area contributed by atoms with Crippen LogP contribution in [0.2, 0.25) is 0 Å². The number of hydrogen-bond acceptors (Lipinski definition) is 3. The van der Waals surface area contributed by atoms with Gasteiger partial charge in [-0.15, -0.1) is 0 Å². The largest absolute Gasteiger partial charge is 0.497 e. The standard InChI is InChI=1S/C16H15FN2O2/c1-10(21-13-6-4-12(20-2)5-7-13)16-18-14-8-3-11(17)9-15(14)19-16/h3-10H,1-2H3,(H,18,19). The van der Waals surface area contributed by atoms with E-state index in [1.807, 2.05) is 31.2 Å². The summed E-state index contributed by atoms with van der Waals surface area (Å²) >= 11 is 0. The summed E-state index contributed by atoms with van der Waals surface area (Å²) in [6, 6.07) is 11.8. The average Bonchev–Trinajstić information content (AvgIpc) is 2.91. The second-order valence-corrected chi connectivity index (χ2v) is 4.72.